The van der Waals surface area contributed by atoms with Crippen LogP contribution in [0.3, 0.4) is 0 Å². The van der Waals surface area contributed by atoms with Crippen molar-refractivity contribution in [2.45, 2.75) is 19.0 Å². The van der Waals surface area contributed by atoms with Gasteiger partial charge in [-0.1, -0.05) is 48.5 Å². The van der Waals surface area contributed by atoms with Crippen molar-refractivity contribution in [3.63, 3.8) is 0 Å². The molecule has 9 nitrogen and oxygen atoms in total. The van der Waals surface area contributed by atoms with E-state index in [-0.39, 0.29) is 13.1 Å². The number of carbonyl (C=O) groups excluding carboxylic acids is 2. The van der Waals surface area contributed by atoms with Crippen LogP contribution in [0.15, 0.2) is 72.8 Å². The van der Waals surface area contributed by atoms with Crippen molar-refractivity contribution in [1.82, 2.24) is 14.5 Å². The summed E-state index contributed by atoms with van der Waals surface area (Å²) in [7, 11) is 0.729. The van der Waals surface area contributed by atoms with Gasteiger partial charge in [0.1, 0.15) is 11.9 Å². The van der Waals surface area contributed by atoms with E-state index in [0.717, 1.165) is 16.1 Å². The molecule has 11 heteroatoms. The number of ether oxygens (including phenoxy) is 2. The van der Waals surface area contributed by atoms with E-state index in [1.54, 1.807) is 50.6 Å². The number of methoxy groups -OCH3 is 2. The highest BCUT2D eigenvalue weighted by atomic mass is 32.2. The van der Waals surface area contributed by atoms with E-state index in [4.69, 9.17) is 9.47 Å². The standard InChI is InChI=1S/C29H34FN3O6S/c1-32(40(4,36)37)20-27(34)33(19-22-10-13-24(30)14-11-22)28(23-8-6-5-7-9-23)29(35)31-17-16-21-12-15-25(38-2)26(18-21)39-3/h5-15,18,28H,16-17,19-20H2,1-4H3,(H,31,35). The molecule has 0 aliphatic carbocycles. The number of nitrogens with zero attached hydrogens (tertiary/aromatic N) is 2. The van der Waals surface area contributed by atoms with Gasteiger partial charge in [-0.15, -0.1) is 0 Å². The van der Waals surface area contributed by atoms with Crippen LogP contribution in [0.4, 0.5) is 4.39 Å². The summed E-state index contributed by atoms with van der Waals surface area (Å²) in [4.78, 5) is 28.6. The largest absolute Gasteiger partial charge is 0.493 e. The summed E-state index contributed by atoms with van der Waals surface area (Å²) in [5, 5.41) is 2.91. The number of rotatable bonds is 13. The van der Waals surface area contributed by atoms with Gasteiger partial charge in [0.2, 0.25) is 21.8 Å². The van der Waals surface area contributed by atoms with Crippen LogP contribution >= 0.6 is 0 Å². The fourth-order valence-electron chi connectivity index (χ4n) is 4.08. The van der Waals surface area contributed by atoms with Gasteiger partial charge < -0.3 is 19.7 Å². The molecule has 2 amide bonds. The normalized spacial score (nSPS) is 12.1. The molecule has 0 spiro atoms. The third-order valence-corrected chi connectivity index (χ3v) is 7.61. The molecule has 214 valence electrons. The predicted molar refractivity (Wildman–Crippen MR) is 150 cm³/mol. The van der Waals surface area contributed by atoms with Crippen LogP contribution in [0.2, 0.25) is 0 Å². The van der Waals surface area contributed by atoms with Gasteiger partial charge in [-0.05, 0) is 47.4 Å². The molecule has 1 N–H and O–H groups in total. The van der Waals surface area contributed by atoms with E-state index in [9.17, 15) is 22.4 Å². The summed E-state index contributed by atoms with van der Waals surface area (Å²) in [5.74, 6) is -0.302. The molecule has 1 atom stereocenters. The molecule has 40 heavy (non-hydrogen) atoms. The first-order chi connectivity index (χ1) is 19.0. The van der Waals surface area contributed by atoms with Crippen molar-refractivity contribution in [2.75, 3.05) is 40.6 Å². The third-order valence-electron chi connectivity index (χ3n) is 6.35. The van der Waals surface area contributed by atoms with Gasteiger partial charge in [0.05, 0.1) is 27.0 Å². The fourth-order valence-corrected chi connectivity index (χ4v) is 4.42. The number of likely N-dealkylation sites (N-methyl/N-ethyl adjacent to an activating group) is 1. The highest BCUT2D eigenvalue weighted by Gasteiger charge is 2.32. The molecule has 0 aromatic heterocycles. The maximum Gasteiger partial charge on any atom is 0.247 e. The van der Waals surface area contributed by atoms with Crippen LogP contribution in [-0.2, 0) is 32.6 Å². The van der Waals surface area contributed by atoms with Crippen LogP contribution in [0.25, 0.3) is 0 Å². The molecule has 0 saturated carbocycles. The quantitative estimate of drug-likeness (QED) is 0.338. The lowest BCUT2D eigenvalue weighted by atomic mass is 10.0. The van der Waals surface area contributed by atoms with Crippen LogP contribution in [0, 0.1) is 5.82 Å². The van der Waals surface area contributed by atoms with Crippen molar-refractivity contribution >= 4 is 21.8 Å². The second-order valence-electron chi connectivity index (χ2n) is 9.21. The van der Waals surface area contributed by atoms with Crippen LogP contribution in [-0.4, -0.2) is 70.0 Å². The van der Waals surface area contributed by atoms with Gasteiger partial charge >= 0.3 is 0 Å². The third kappa shape index (κ3) is 8.27. The molecule has 1 unspecified atom stereocenters. The molecule has 0 saturated heterocycles. The first-order valence-corrected chi connectivity index (χ1v) is 14.4. The molecule has 3 aromatic rings. The van der Waals surface area contributed by atoms with E-state index in [2.05, 4.69) is 5.32 Å². The van der Waals surface area contributed by atoms with E-state index >= 15 is 0 Å². The van der Waals surface area contributed by atoms with Gasteiger partial charge in [-0.2, -0.15) is 4.31 Å². The summed E-state index contributed by atoms with van der Waals surface area (Å²) in [6.07, 6.45) is 1.48. The van der Waals surface area contributed by atoms with Crippen LogP contribution in [0.1, 0.15) is 22.7 Å². The molecule has 3 aromatic carbocycles. The molecule has 0 fully saturated rings. The van der Waals surface area contributed by atoms with Crippen molar-refractivity contribution in [1.29, 1.82) is 0 Å². The zero-order chi connectivity index (χ0) is 29.3. The van der Waals surface area contributed by atoms with E-state index in [1.165, 1.54) is 36.2 Å². The Hall–Kier alpha value is -3.96. The monoisotopic (exact) mass is 571 g/mol. The topological polar surface area (TPSA) is 105 Å². The highest BCUT2D eigenvalue weighted by molar-refractivity contribution is 7.88. The van der Waals surface area contributed by atoms with E-state index in [1.807, 2.05) is 12.1 Å². The summed E-state index contributed by atoms with van der Waals surface area (Å²) in [5.41, 5.74) is 2.03. The number of carbonyl (C=O) groups is 2. The maximum atomic E-state index is 13.7. The maximum absolute atomic E-state index is 13.7. The zero-order valence-corrected chi connectivity index (χ0v) is 23.8. The molecule has 3 rings (SSSR count). The van der Waals surface area contributed by atoms with Gasteiger partial charge in [0.25, 0.3) is 0 Å². The number of hydrogen-bond acceptors (Lipinski definition) is 6. The molecule has 0 heterocycles. The number of amides is 2. The first kappa shape index (κ1) is 30.6. The Morgan fingerprint density at radius 2 is 1.55 bits per heavy atom. The van der Waals surface area contributed by atoms with Crippen molar-refractivity contribution in [3.05, 3.63) is 95.3 Å². The fraction of sp³-hybridized carbons (Fsp3) is 0.310. The van der Waals surface area contributed by atoms with Gasteiger partial charge in [0, 0.05) is 20.1 Å². The Kier molecular flexibility index (Phi) is 10.6. The molecular formula is C29H34FN3O6S. The number of hydrogen-bond donors (Lipinski definition) is 1. The minimum absolute atomic E-state index is 0.0423. The second-order valence-corrected chi connectivity index (χ2v) is 11.3. The Labute approximate surface area is 234 Å². The minimum atomic E-state index is -3.66. The average Bonchev–Trinajstić information content (AvgIpc) is 2.93. The lowest BCUT2D eigenvalue weighted by Crippen LogP contribution is -2.47. The summed E-state index contributed by atoms with van der Waals surface area (Å²) >= 11 is 0. The molecular weight excluding hydrogens is 537 g/mol. The van der Waals surface area contributed by atoms with Crippen molar-refractivity contribution in [3.8, 4) is 11.5 Å². The summed E-state index contributed by atoms with van der Waals surface area (Å²) in [6, 6.07) is 18.7. The average molecular weight is 572 g/mol. The predicted octanol–water partition coefficient (Wildman–Crippen LogP) is 3.16. The highest BCUT2D eigenvalue weighted by Crippen LogP contribution is 2.28. The number of benzene rings is 3. The molecule has 0 aliphatic rings. The summed E-state index contributed by atoms with van der Waals surface area (Å²) in [6.45, 7) is -0.249. The van der Waals surface area contributed by atoms with Gasteiger partial charge in [0.15, 0.2) is 11.5 Å². The minimum Gasteiger partial charge on any atom is -0.493 e. The van der Waals surface area contributed by atoms with E-state index in [0.29, 0.717) is 29.0 Å². The number of sulfonamides is 1. The van der Waals surface area contributed by atoms with Crippen molar-refractivity contribution < 1.29 is 31.9 Å². The Morgan fingerprint density at radius 3 is 2.15 bits per heavy atom. The Balaban J connectivity index is 1.89. The van der Waals surface area contributed by atoms with Crippen LogP contribution < -0.4 is 14.8 Å². The lowest BCUT2D eigenvalue weighted by molar-refractivity contribution is -0.141. The Morgan fingerprint density at radius 1 is 0.925 bits per heavy atom. The first-order valence-electron chi connectivity index (χ1n) is 12.5. The molecule has 0 bridgehead atoms. The molecule has 0 aliphatic heterocycles. The van der Waals surface area contributed by atoms with Gasteiger partial charge in [-0.25, -0.2) is 12.8 Å². The van der Waals surface area contributed by atoms with Crippen molar-refractivity contribution in [2.24, 2.45) is 0 Å². The Bertz CT molecular complexity index is 1400. The van der Waals surface area contributed by atoms with Crippen LogP contribution in [0.5, 0.6) is 11.5 Å². The summed E-state index contributed by atoms with van der Waals surface area (Å²) < 4.78 is 49.2. The van der Waals surface area contributed by atoms with E-state index < -0.39 is 40.2 Å². The molecule has 0 radical (unpaired) electrons. The van der Waals surface area contributed by atoms with Gasteiger partial charge in [-0.3, -0.25) is 9.59 Å². The zero-order valence-electron chi connectivity index (χ0n) is 23.0. The SMILES string of the molecule is COc1ccc(CCNC(=O)C(c2ccccc2)N(Cc2ccc(F)cc2)C(=O)CN(C)S(C)(=O)=O)cc1OC. The number of nitrogens with one attached hydrogen (secondary N) is 1. The smallest absolute Gasteiger partial charge is 0.247 e. The number of halogens is 1. The lowest BCUT2D eigenvalue weighted by Gasteiger charge is -2.32. The second kappa shape index (κ2) is 13.9.